The lowest BCUT2D eigenvalue weighted by molar-refractivity contribution is 0.0984. The molecule has 0 bridgehead atoms. The van der Waals surface area contributed by atoms with Crippen LogP contribution in [0, 0.1) is 5.82 Å². The number of anilines is 1. The fourth-order valence-electron chi connectivity index (χ4n) is 3.85. The number of aromatic nitrogens is 1. The van der Waals surface area contributed by atoms with E-state index in [4.69, 9.17) is 33.7 Å². The highest BCUT2D eigenvalue weighted by Crippen LogP contribution is 2.37. The van der Waals surface area contributed by atoms with E-state index in [0.717, 1.165) is 12.0 Å². The molecule has 1 unspecified atom stereocenters. The van der Waals surface area contributed by atoms with Crippen molar-refractivity contribution in [3.8, 4) is 11.1 Å². The van der Waals surface area contributed by atoms with Crippen molar-refractivity contribution in [3.63, 3.8) is 0 Å². The normalized spacial score (nSPS) is 15.5. The number of nitrogens with two attached hydrogens (primary N) is 1. The number of carbonyl (C=O) groups is 2. The summed E-state index contributed by atoms with van der Waals surface area (Å²) in [7, 11) is 1.52. The van der Waals surface area contributed by atoms with Crippen molar-refractivity contribution in [3.05, 3.63) is 81.2 Å². The van der Waals surface area contributed by atoms with Crippen molar-refractivity contribution in [2.45, 2.75) is 12.3 Å². The first kappa shape index (κ1) is 23.2. The standard InChI is InChI=1S/C24H20Cl2FN3O3/c1-30(24(32)21-19(26)3-2-4-20(21)27)23-17(14-7-8-33-12-14)10-15(11-29-23)16-9-13(22(28)31)5-6-18(16)25/h2-6,9-11,14H,7-8,12H2,1H3,(H2,28,31). The highest BCUT2D eigenvalue weighted by atomic mass is 35.5. The van der Waals surface area contributed by atoms with Crippen LogP contribution in [0.1, 0.15) is 38.6 Å². The van der Waals surface area contributed by atoms with Crippen molar-refractivity contribution in [2.75, 3.05) is 25.2 Å². The van der Waals surface area contributed by atoms with Crippen molar-refractivity contribution < 1.29 is 18.7 Å². The molecule has 2 amide bonds. The van der Waals surface area contributed by atoms with Crippen LogP contribution in [0.3, 0.4) is 0 Å². The molecule has 1 atom stereocenters. The van der Waals surface area contributed by atoms with Crippen molar-refractivity contribution >= 4 is 40.8 Å². The van der Waals surface area contributed by atoms with E-state index in [1.54, 1.807) is 24.4 Å². The summed E-state index contributed by atoms with van der Waals surface area (Å²) in [5, 5.41) is 0.440. The lowest BCUT2D eigenvalue weighted by atomic mass is 9.94. The van der Waals surface area contributed by atoms with Crippen molar-refractivity contribution in [1.82, 2.24) is 4.98 Å². The summed E-state index contributed by atoms with van der Waals surface area (Å²) in [4.78, 5) is 30.6. The number of carbonyl (C=O) groups excluding carboxylic acids is 2. The average Bonchev–Trinajstić information content (AvgIpc) is 3.33. The number of rotatable bonds is 5. The SMILES string of the molecule is CN(C(=O)c1c(F)cccc1Cl)c1ncc(-c2cc(C(N)=O)ccc2Cl)cc1C1CCOC1. The monoisotopic (exact) mass is 487 g/mol. The molecule has 1 aliphatic heterocycles. The molecule has 6 nitrogen and oxygen atoms in total. The quantitative estimate of drug-likeness (QED) is 0.543. The van der Waals surface area contributed by atoms with Crippen LogP contribution in [0.25, 0.3) is 11.1 Å². The second-order valence-electron chi connectivity index (χ2n) is 7.72. The number of pyridine rings is 1. The zero-order valence-electron chi connectivity index (χ0n) is 17.6. The highest BCUT2D eigenvalue weighted by Gasteiger charge is 2.28. The molecule has 2 aromatic carbocycles. The van der Waals surface area contributed by atoms with Gasteiger partial charge in [-0.05, 0) is 42.8 Å². The maximum atomic E-state index is 14.4. The lowest BCUT2D eigenvalue weighted by Crippen LogP contribution is -2.29. The van der Waals surface area contributed by atoms with Gasteiger partial charge in [0.1, 0.15) is 11.6 Å². The van der Waals surface area contributed by atoms with Gasteiger partial charge in [-0.3, -0.25) is 14.5 Å². The van der Waals surface area contributed by atoms with Crippen molar-refractivity contribution in [1.29, 1.82) is 0 Å². The average molecular weight is 488 g/mol. The third-order valence-electron chi connectivity index (χ3n) is 5.63. The molecule has 0 saturated carbocycles. The molecule has 0 radical (unpaired) electrons. The minimum atomic E-state index is -0.711. The minimum absolute atomic E-state index is 0.0178. The molecule has 0 spiro atoms. The van der Waals surface area contributed by atoms with E-state index in [0.29, 0.717) is 40.7 Å². The first-order chi connectivity index (χ1) is 15.8. The Morgan fingerprint density at radius 3 is 2.64 bits per heavy atom. The van der Waals surface area contributed by atoms with E-state index in [2.05, 4.69) is 4.98 Å². The van der Waals surface area contributed by atoms with Crippen LogP contribution in [-0.4, -0.2) is 37.1 Å². The highest BCUT2D eigenvalue weighted by molar-refractivity contribution is 6.34. The third-order valence-corrected chi connectivity index (χ3v) is 6.27. The topological polar surface area (TPSA) is 85.5 Å². The van der Waals surface area contributed by atoms with Gasteiger partial charge in [-0.25, -0.2) is 9.37 Å². The van der Waals surface area contributed by atoms with Crippen LogP contribution in [0.4, 0.5) is 10.2 Å². The fraction of sp³-hybridized carbons (Fsp3) is 0.208. The number of nitrogens with zero attached hydrogens (tertiary/aromatic N) is 2. The molecule has 9 heteroatoms. The predicted molar refractivity (Wildman–Crippen MR) is 126 cm³/mol. The zero-order valence-corrected chi connectivity index (χ0v) is 19.2. The van der Waals surface area contributed by atoms with Gasteiger partial charge in [0.05, 0.1) is 17.2 Å². The largest absolute Gasteiger partial charge is 0.381 e. The van der Waals surface area contributed by atoms with Gasteiger partial charge >= 0.3 is 0 Å². The van der Waals surface area contributed by atoms with Crippen LogP contribution >= 0.6 is 23.2 Å². The zero-order chi connectivity index (χ0) is 23.7. The van der Waals surface area contributed by atoms with E-state index < -0.39 is 17.6 Å². The predicted octanol–water partition coefficient (Wildman–Crippen LogP) is 5.07. The maximum Gasteiger partial charge on any atom is 0.263 e. The van der Waals surface area contributed by atoms with Gasteiger partial charge in [-0.1, -0.05) is 29.3 Å². The number of ether oxygens (including phenoxy) is 1. The van der Waals surface area contributed by atoms with E-state index >= 15 is 0 Å². The van der Waals surface area contributed by atoms with Gasteiger partial charge in [0.15, 0.2) is 0 Å². The molecular weight excluding hydrogens is 468 g/mol. The molecule has 1 saturated heterocycles. The summed E-state index contributed by atoms with van der Waals surface area (Å²) in [5.41, 5.74) is 7.48. The Morgan fingerprint density at radius 2 is 1.97 bits per heavy atom. The number of hydrogen-bond acceptors (Lipinski definition) is 4. The number of hydrogen-bond donors (Lipinski definition) is 1. The molecule has 33 heavy (non-hydrogen) atoms. The number of halogens is 3. The van der Waals surface area contributed by atoms with Crippen LogP contribution in [0.15, 0.2) is 48.7 Å². The van der Waals surface area contributed by atoms with E-state index in [1.165, 1.54) is 30.1 Å². The number of primary amides is 1. The van der Waals surface area contributed by atoms with Crippen LogP contribution in [-0.2, 0) is 4.74 Å². The van der Waals surface area contributed by atoms with Crippen LogP contribution in [0.2, 0.25) is 10.0 Å². The van der Waals surface area contributed by atoms with Crippen LogP contribution < -0.4 is 10.6 Å². The lowest BCUT2D eigenvalue weighted by Gasteiger charge is -2.23. The number of amides is 2. The molecule has 1 fully saturated rings. The summed E-state index contributed by atoms with van der Waals surface area (Å²) < 4.78 is 19.9. The Balaban J connectivity index is 1.81. The Morgan fingerprint density at radius 1 is 1.18 bits per heavy atom. The van der Waals surface area contributed by atoms with Gasteiger partial charge in [0.2, 0.25) is 5.91 Å². The maximum absolute atomic E-state index is 14.4. The molecule has 3 aromatic rings. The van der Waals surface area contributed by atoms with E-state index in [-0.39, 0.29) is 16.5 Å². The summed E-state index contributed by atoms with van der Waals surface area (Å²) in [6, 6.07) is 10.7. The van der Waals surface area contributed by atoms with E-state index in [1.807, 2.05) is 6.07 Å². The van der Waals surface area contributed by atoms with Gasteiger partial charge < -0.3 is 10.5 Å². The molecule has 2 heterocycles. The Labute approximate surface area is 200 Å². The molecule has 170 valence electrons. The van der Waals surface area contributed by atoms with Gasteiger partial charge in [-0.2, -0.15) is 0 Å². The summed E-state index contributed by atoms with van der Waals surface area (Å²) in [6.45, 7) is 1.03. The first-order valence-corrected chi connectivity index (χ1v) is 10.9. The minimum Gasteiger partial charge on any atom is -0.381 e. The third kappa shape index (κ3) is 4.57. The molecule has 4 rings (SSSR count). The fourth-order valence-corrected chi connectivity index (χ4v) is 4.32. The van der Waals surface area contributed by atoms with Gasteiger partial charge in [-0.15, -0.1) is 0 Å². The summed E-state index contributed by atoms with van der Waals surface area (Å²) >= 11 is 12.5. The Bertz CT molecular complexity index is 1230. The molecule has 2 N–H and O–H groups in total. The molecule has 1 aliphatic rings. The molecular formula is C24H20Cl2FN3O3. The van der Waals surface area contributed by atoms with Gasteiger partial charge in [0, 0.05) is 53.0 Å². The second kappa shape index (κ2) is 9.47. The molecule has 0 aliphatic carbocycles. The van der Waals surface area contributed by atoms with Gasteiger partial charge in [0.25, 0.3) is 5.91 Å². The smallest absolute Gasteiger partial charge is 0.263 e. The second-order valence-corrected chi connectivity index (χ2v) is 8.53. The Hall–Kier alpha value is -3.00. The summed E-state index contributed by atoms with van der Waals surface area (Å²) in [5.74, 6) is -1.57. The first-order valence-electron chi connectivity index (χ1n) is 10.2. The number of benzene rings is 2. The molecule has 1 aromatic heterocycles. The summed E-state index contributed by atoms with van der Waals surface area (Å²) in [6.07, 6.45) is 2.28. The van der Waals surface area contributed by atoms with Crippen LogP contribution in [0.5, 0.6) is 0 Å². The van der Waals surface area contributed by atoms with E-state index in [9.17, 15) is 14.0 Å². The Kier molecular flexibility index (Phi) is 6.65. The van der Waals surface area contributed by atoms with Crippen molar-refractivity contribution in [2.24, 2.45) is 5.73 Å².